The molecule has 0 bridgehead atoms. The molecule has 2 aromatic carbocycles. The first-order chi connectivity index (χ1) is 15.8. The summed E-state index contributed by atoms with van der Waals surface area (Å²) in [4.78, 5) is 3.68. The summed E-state index contributed by atoms with van der Waals surface area (Å²) in [5, 5.41) is 2.40. The van der Waals surface area contributed by atoms with E-state index in [2.05, 4.69) is 47.5 Å². The van der Waals surface area contributed by atoms with Gasteiger partial charge in [-0.2, -0.15) is 0 Å². The molecule has 4 nitrogen and oxygen atoms in total. The van der Waals surface area contributed by atoms with Crippen molar-refractivity contribution in [3.05, 3.63) is 93.6 Å². The summed E-state index contributed by atoms with van der Waals surface area (Å²) in [6, 6.07) is 16.5. The smallest absolute Gasteiger partial charge is 0.160 e. The summed E-state index contributed by atoms with van der Waals surface area (Å²) in [5.74, 6) is 2.75. The number of rotatable bonds is 7. The second-order valence-corrected chi connectivity index (χ2v) is 8.40. The van der Waals surface area contributed by atoms with E-state index in [0.29, 0.717) is 12.5 Å². The van der Waals surface area contributed by atoms with E-state index in [1.165, 1.54) is 34.0 Å². The van der Waals surface area contributed by atoms with E-state index in [-0.39, 0.29) is 0 Å². The van der Waals surface area contributed by atoms with Crippen molar-refractivity contribution >= 4 is 11.8 Å². The molecule has 2 aliphatic rings. The number of ether oxygens (including phenoxy) is 3. The predicted octanol–water partition coefficient (Wildman–Crippen LogP) is 4.37. The number of methoxy groups -OCH3 is 2. The molecule has 0 spiro atoms. The zero-order chi connectivity index (χ0) is 21.9. The van der Waals surface area contributed by atoms with E-state index < -0.39 is 0 Å². The Morgan fingerprint density at radius 3 is 2.62 bits per heavy atom. The lowest BCUT2D eigenvalue weighted by Crippen LogP contribution is -2.22. The second kappa shape index (κ2) is 8.99. The zero-order valence-electron chi connectivity index (χ0n) is 18.7. The molecular formula is C28H29NO3. The topological polar surface area (TPSA) is 43.5 Å². The number of hydrogen-bond donors (Lipinski definition) is 1. The summed E-state index contributed by atoms with van der Waals surface area (Å²) in [6.07, 6.45) is 11.1. The highest BCUT2D eigenvalue weighted by atomic mass is 16.5. The summed E-state index contributed by atoms with van der Waals surface area (Å²) >= 11 is 0. The van der Waals surface area contributed by atoms with Gasteiger partial charge in [0.05, 0.1) is 19.6 Å². The number of aromatic nitrogens is 1. The van der Waals surface area contributed by atoms with E-state index in [4.69, 9.17) is 14.2 Å². The summed E-state index contributed by atoms with van der Waals surface area (Å²) < 4.78 is 17.2. The minimum atomic E-state index is 0.290. The maximum absolute atomic E-state index is 6.29. The van der Waals surface area contributed by atoms with Crippen molar-refractivity contribution in [3.63, 3.8) is 0 Å². The van der Waals surface area contributed by atoms with Gasteiger partial charge in [-0.1, -0.05) is 48.6 Å². The number of nitrogens with one attached hydrogen (secondary N) is 1. The molecule has 1 heterocycles. The molecule has 1 unspecified atom stereocenters. The van der Waals surface area contributed by atoms with Gasteiger partial charge in [-0.3, -0.25) is 0 Å². The fourth-order valence-corrected chi connectivity index (χ4v) is 4.82. The Labute approximate surface area is 188 Å². The molecule has 0 amide bonds. The molecule has 0 fully saturated rings. The zero-order valence-corrected chi connectivity index (χ0v) is 18.7. The molecule has 5 rings (SSSR count). The van der Waals surface area contributed by atoms with Crippen LogP contribution in [0.1, 0.15) is 41.0 Å². The van der Waals surface area contributed by atoms with E-state index in [1.54, 1.807) is 14.2 Å². The van der Waals surface area contributed by atoms with Gasteiger partial charge in [-0.25, -0.2) is 0 Å². The summed E-state index contributed by atoms with van der Waals surface area (Å²) in [5.41, 5.74) is 5.23. The first-order valence-electron chi connectivity index (χ1n) is 11.3. The molecule has 1 atom stereocenters. The fourth-order valence-electron chi connectivity index (χ4n) is 4.82. The molecule has 0 saturated carbocycles. The van der Waals surface area contributed by atoms with Crippen LogP contribution in [0, 0.1) is 0 Å². The third kappa shape index (κ3) is 3.93. The first-order valence-corrected chi connectivity index (χ1v) is 11.3. The number of allylic oxidation sites excluding steroid dienone is 1. The Morgan fingerprint density at radius 1 is 0.969 bits per heavy atom. The fraction of sp³-hybridized carbons (Fsp3) is 0.286. The molecule has 32 heavy (non-hydrogen) atoms. The van der Waals surface area contributed by atoms with Gasteiger partial charge in [0, 0.05) is 11.3 Å². The quantitative estimate of drug-likeness (QED) is 0.609. The van der Waals surface area contributed by atoms with Gasteiger partial charge >= 0.3 is 0 Å². The molecule has 0 aliphatic heterocycles. The first kappa shape index (κ1) is 20.5. The molecule has 0 saturated heterocycles. The predicted molar refractivity (Wildman–Crippen MR) is 127 cm³/mol. The van der Waals surface area contributed by atoms with Gasteiger partial charge in [-0.05, 0) is 66.1 Å². The minimum absolute atomic E-state index is 0.290. The Morgan fingerprint density at radius 2 is 1.81 bits per heavy atom. The normalized spacial score (nSPS) is 16.7. The van der Waals surface area contributed by atoms with Crippen LogP contribution in [0.3, 0.4) is 0 Å². The molecule has 1 aromatic heterocycles. The van der Waals surface area contributed by atoms with Crippen LogP contribution in [-0.2, 0) is 24.2 Å². The van der Waals surface area contributed by atoms with E-state index in [9.17, 15) is 0 Å². The van der Waals surface area contributed by atoms with Crippen molar-refractivity contribution in [3.8, 4) is 11.5 Å². The second-order valence-electron chi connectivity index (χ2n) is 8.40. The third-order valence-corrected chi connectivity index (χ3v) is 6.40. The average molecular weight is 428 g/mol. The van der Waals surface area contributed by atoms with Crippen LogP contribution in [0.25, 0.3) is 11.8 Å². The minimum Gasteiger partial charge on any atom is -0.493 e. The van der Waals surface area contributed by atoms with Gasteiger partial charge < -0.3 is 19.2 Å². The van der Waals surface area contributed by atoms with Crippen LogP contribution < -0.4 is 20.2 Å². The Hall–Kier alpha value is -3.40. The van der Waals surface area contributed by atoms with Crippen LogP contribution in [0.5, 0.6) is 11.5 Å². The maximum atomic E-state index is 6.29. The van der Waals surface area contributed by atoms with Crippen LogP contribution in [0.15, 0.2) is 60.7 Å². The Bertz CT molecular complexity index is 1250. The van der Waals surface area contributed by atoms with Crippen LogP contribution in [-0.4, -0.2) is 19.2 Å². The van der Waals surface area contributed by atoms with Crippen LogP contribution >= 0.6 is 0 Å². The monoisotopic (exact) mass is 427 g/mol. The highest BCUT2D eigenvalue weighted by Crippen LogP contribution is 2.32. The van der Waals surface area contributed by atoms with E-state index >= 15 is 0 Å². The molecule has 1 N–H and O–H groups in total. The third-order valence-electron chi connectivity index (χ3n) is 6.40. The van der Waals surface area contributed by atoms with Crippen molar-refractivity contribution < 1.29 is 14.2 Å². The van der Waals surface area contributed by atoms with E-state index in [0.717, 1.165) is 41.9 Å². The molecule has 2 aliphatic carbocycles. The van der Waals surface area contributed by atoms with Crippen LogP contribution in [0.4, 0.5) is 0 Å². The van der Waals surface area contributed by atoms with Crippen molar-refractivity contribution in [1.82, 2.24) is 4.98 Å². The average Bonchev–Trinajstić information content (AvgIpc) is 3.24. The van der Waals surface area contributed by atoms with Crippen molar-refractivity contribution in [1.29, 1.82) is 0 Å². The van der Waals surface area contributed by atoms with Gasteiger partial charge in [0.15, 0.2) is 11.5 Å². The van der Waals surface area contributed by atoms with E-state index in [1.807, 2.05) is 24.3 Å². The maximum Gasteiger partial charge on any atom is 0.160 e. The largest absolute Gasteiger partial charge is 0.493 e. The van der Waals surface area contributed by atoms with Gasteiger partial charge in [0.2, 0.25) is 0 Å². The lowest BCUT2D eigenvalue weighted by atomic mass is 9.85. The highest BCUT2D eigenvalue weighted by molar-refractivity contribution is 5.58. The van der Waals surface area contributed by atoms with Crippen molar-refractivity contribution in [2.24, 2.45) is 0 Å². The molecule has 164 valence electrons. The van der Waals surface area contributed by atoms with Crippen molar-refractivity contribution in [2.45, 2.75) is 38.2 Å². The number of H-pyrrole nitrogens is 1. The lowest BCUT2D eigenvalue weighted by molar-refractivity contribution is 0.262. The number of fused-ring (bicyclic) bond motifs is 3. The SMILES string of the molecule is COc1ccc(CC2C=CC(OCc3ccccc3)=c3[nH]c4c(c32)CCCC=4)cc1OC. The summed E-state index contributed by atoms with van der Waals surface area (Å²) in [7, 11) is 3.35. The van der Waals surface area contributed by atoms with Gasteiger partial charge in [0.25, 0.3) is 0 Å². The van der Waals surface area contributed by atoms with Crippen LogP contribution in [0.2, 0.25) is 0 Å². The Balaban J connectivity index is 1.50. The lowest BCUT2D eigenvalue weighted by Gasteiger charge is -2.21. The molecule has 0 radical (unpaired) electrons. The molecule has 3 aromatic rings. The molecular weight excluding hydrogens is 398 g/mol. The standard InChI is InChI=1S/C28H29NO3/c1-30-24-14-12-20(17-26(24)31-2)16-21-13-15-25(32-18-19-8-4-3-5-9-19)28-27(21)22-10-6-7-11-23(22)29-28/h3-5,8-9,11-15,17,21,29H,6-7,10,16,18H2,1-2H3. The Kier molecular flexibility index (Phi) is 5.76. The number of benzene rings is 2. The molecule has 4 heteroatoms. The number of hydrogen-bond acceptors (Lipinski definition) is 3. The van der Waals surface area contributed by atoms with Gasteiger partial charge in [-0.15, -0.1) is 0 Å². The summed E-state index contributed by atoms with van der Waals surface area (Å²) in [6.45, 7) is 0.563. The number of aromatic amines is 1. The van der Waals surface area contributed by atoms with Gasteiger partial charge in [0.1, 0.15) is 12.4 Å². The van der Waals surface area contributed by atoms with Crippen molar-refractivity contribution in [2.75, 3.05) is 14.2 Å². The highest BCUT2D eigenvalue weighted by Gasteiger charge is 2.24.